The maximum atomic E-state index is 12.8. The monoisotopic (exact) mass is 322 g/mol. The van der Waals surface area contributed by atoms with Crippen molar-refractivity contribution in [3.8, 4) is 0 Å². The van der Waals surface area contributed by atoms with Crippen LogP contribution in [-0.4, -0.2) is 36.1 Å². The SMILES string of the molecule is COCCN(Cc1ccccc1)C(=O)Cc1c[nH]c2ccccc12. The zero-order chi connectivity index (χ0) is 16.8. The molecular weight excluding hydrogens is 300 g/mol. The van der Waals surface area contributed by atoms with Gasteiger partial charge in [0.15, 0.2) is 0 Å². The maximum absolute atomic E-state index is 12.8. The van der Waals surface area contributed by atoms with Gasteiger partial charge in [-0.25, -0.2) is 0 Å². The first-order valence-electron chi connectivity index (χ1n) is 8.13. The highest BCUT2D eigenvalue weighted by molar-refractivity contribution is 5.88. The van der Waals surface area contributed by atoms with Crippen molar-refractivity contribution in [2.75, 3.05) is 20.3 Å². The third kappa shape index (κ3) is 3.84. The highest BCUT2D eigenvalue weighted by atomic mass is 16.5. The summed E-state index contributed by atoms with van der Waals surface area (Å²) < 4.78 is 5.17. The molecule has 0 aliphatic heterocycles. The van der Waals surface area contributed by atoms with E-state index < -0.39 is 0 Å². The van der Waals surface area contributed by atoms with Gasteiger partial charge >= 0.3 is 0 Å². The molecule has 2 aromatic carbocycles. The molecule has 0 aliphatic carbocycles. The lowest BCUT2D eigenvalue weighted by molar-refractivity contribution is -0.131. The second kappa shape index (κ2) is 7.79. The minimum absolute atomic E-state index is 0.112. The molecule has 0 saturated heterocycles. The Morgan fingerprint density at radius 1 is 1.08 bits per heavy atom. The minimum atomic E-state index is 0.112. The first-order chi connectivity index (χ1) is 11.8. The Labute approximate surface area is 142 Å². The number of nitrogens with zero attached hydrogens (tertiary/aromatic N) is 1. The molecule has 1 heterocycles. The molecular formula is C20H22N2O2. The molecule has 0 atom stereocenters. The number of benzene rings is 2. The molecule has 0 fully saturated rings. The summed E-state index contributed by atoms with van der Waals surface area (Å²) >= 11 is 0. The van der Waals surface area contributed by atoms with Gasteiger partial charge in [-0.05, 0) is 17.2 Å². The van der Waals surface area contributed by atoms with E-state index in [1.165, 1.54) is 0 Å². The van der Waals surface area contributed by atoms with Gasteiger partial charge in [0, 0.05) is 37.3 Å². The maximum Gasteiger partial charge on any atom is 0.227 e. The van der Waals surface area contributed by atoms with Gasteiger partial charge in [-0.2, -0.15) is 0 Å². The summed E-state index contributed by atoms with van der Waals surface area (Å²) in [6.07, 6.45) is 2.32. The molecule has 0 bridgehead atoms. The van der Waals surface area contributed by atoms with E-state index in [0.717, 1.165) is 22.0 Å². The number of aromatic nitrogens is 1. The van der Waals surface area contributed by atoms with Crippen molar-refractivity contribution in [1.29, 1.82) is 0 Å². The highest BCUT2D eigenvalue weighted by Gasteiger charge is 2.16. The number of hydrogen-bond donors (Lipinski definition) is 1. The smallest absolute Gasteiger partial charge is 0.227 e. The number of H-pyrrole nitrogens is 1. The number of fused-ring (bicyclic) bond motifs is 1. The number of carbonyl (C=O) groups excluding carboxylic acids is 1. The third-order valence-corrected chi connectivity index (χ3v) is 4.15. The number of ether oxygens (including phenoxy) is 1. The Hall–Kier alpha value is -2.59. The molecule has 24 heavy (non-hydrogen) atoms. The van der Waals surface area contributed by atoms with Crippen LogP contribution in [0.5, 0.6) is 0 Å². The molecule has 0 unspecified atom stereocenters. The van der Waals surface area contributed by atoms with Crippen LogP contribution in [0.25, 0.3) is 10.9 Å². The Morgan fingerprint density at radius 2 is 1.83 bits per heavy atom. The summed E-state index contributed by atoms with van der Waals surface area (Å²) in [4.78, 5) is 17.9. The summed E-state index contributed by atoms with van der Waals surface area (Å²) in [5.41, 5.74) is 3.22. The molecule has 1 amide bonds. The predicted molar refractivity (Wildman–Crippen MR) is 95.7 cm³/mol. The second-order valence-corrected chi connectivity index (χ2v) is 5.83. The molecule has 4 nitrogen and oxygen atoms in total. The molecule has 0 spiro atoms. The van der Waals surface area contributed by atoms with Crippen LogP contribution in [-0.2, 0) is 22.5 Å². The van der Waals surface area contributed by atoms with Crippen LogP contribution in [0.15, 0.2) is 60.8 Å². The topological polar surface area (TPSA) is 45.3 Å². The molecule has 4 heteroatoms. The largest absolute Gasteiger partial charge is 0.383 e. The van der Waals surface area contributed by atoms with Crippen LogP contribution >= 0.6 is 0 Å². The van der Waals surface area contributed by atoms with E-state index in [1.807, 2.05) is 65.7 Å². The van der Waals surface area contributed by atoms with Gasteiger partial charge in [-0.1, -0.05) is 48.5 Å². The summed E-state index contributed by atoms with van der Waals surface area (Å²) in [6.45, 7) is 1.73. The van der Waals surface area contributed by atoms with Crippen LogP contribution in [0.1, 0.15) is 11.1 Å². The summed E-state index contributed by atoms with van der Waals surface area (Å²) in [5.74, 6) is 0.112. The van der Waals surface area contributed by atoms with Crippen molar-refractivity contribution in [3.05, 3.63) is 71.9 Å². The van der Waals surface area contributed by atoms with Crippen molar-refractivity contribution in [2.45, 2.75) is 13.0 Å². The quantitative estimate of drug-likeness (QED) is 0.725. The molecule has 124 valence electrons. The number of methoxy groups -OCH3 is 1. The lowest BCUT2D eigenvalue weighted by atomic mass is 10.1. The lowest BCUT2D eigenvalue weighted by Crippen LogP contribution is -2.34. The van der Waals surface area contributed by atoms with Crippen molar-refractivity contribution in [3.63, 3.8) is 0 Å². The lowest BCUT2D eigenvalue weighted by Gasteiger charge is -2.22. The summed E-state index contributed by atoms with van der Waals surface area (Å²) in [5, 5.41) is 1.11. The van der Waals surface area contributed by atoms with Crippen molar-refractivity contribution in [1.82, 2.24) is 9.88 Å². The van der Waals surface area contributed by atoms with E-state index in [4.69, 9.17) is 4.74 Å². The predicted octanol–water partition coefficient (Wildman–Crippen LogP) is 3.39. The van der Waals surface area contributed by atoms with Gasteiger partial charge < -0.3 is 14.6 Å². The Kier molecular flexibility index (Phi) is 5.29. The van der Waals surface area contributed by atoms with Crippen molar-refractivity contribution >= 4 is 16.8 Å². The van der Waals surface area contributed by atoms with E-state index in [2.05, 4.69) is 4.98 Å². The number of carbonyl (C=O) groups is 1. The minimum Gasteiger partial charge on any atom is -0.383 e. The fourth-order valence-corrected chi connectivity index (χ4v) is 2.85. The van der Waals surface area contributed by atoms with E-state index in [9.17, 15) is 4.79 Å². The first kappa shape index (κ1) is 16.3. The standard InChI is InChI=1S/C20H22N2O2/c1-24-12-11-22(15-16-7-3-2-4-8-16)20(23)13-17-14-21-19-10-6-5-9-18(17)19/h2-10,14,21H,11-13,15H2,1H3. The van der Waals surface area contributed by atoms with Crippen molar-refractivity contribution < 1.29 is 9.53 Å². The van der Waals surface area contributed by atoms with E-state index >= 15 is 0 Å². The molecule has 0 radical (unpaired) electrons. The Morgan fingerprint density at radius 3 is 2.62 bits per heavy atom. The van der Waals surface area contributed by atoms with Gasteiger partial charge in [0.2, 0.25) is 5.91 Å². The molecule has 0 saturated carbocycles. The van der Waals surface area contributed by atoms with Gasteiger partial charge in [0.05, 0.1) is 13.0 Å². The van der Waals surface area contributed by atoms with E-state index in [1.54, 1.807) is 7.11 Å². The number of aromatic amines is 1. The first-order valence-corrected chi connectivity index (χ1v) is 8.13. The zero-order valence-electron chi connectivity index (χ0n) is 13.9. The van der Waals surface area contributed by atoms with Gasteiger partial charge in [-0.3, -0.25) is 4.79 Å². The van der Waals surface area contributed by atoms with Crippen LogP contribution in [0.2, 0.25) is 0 Å². The molecule has 0 aliphatic rings. The van der Waals surface area contributed by atoms with Crippen LogP contribution in [0, 0.1) is 0 Å². The number of nitrogens with one attached hydrogen (secondary N) is 1. The summed E-state index contributed by atoms with van der Waals surface area (Å²) in [7, 11) is 1.66. The summed E-state index contributed by atoms with van der Waals surface area (Å²) in [6, 6.07) is 18.1. The highest BCUT2D eigenvalue weighted by Crippen LogP contribution is 2.19. The van der Waals surface area contributed by atoms with Gasteiger partial charge in [-0.15, -0.1) is 0 Å². The zero-order valence-corrected chi connectivity index (χ0v) is 13.9. The second-order valence-electron chi connectivity index (χ2n) is 5.83. The normalized spacial score (nSPS) is 10.9. The fraction of sp³-hybridized carbons (Fsp3) is 0.250. The van der Waals surface area contributed by atoms with E-state index in [-0.39, 0.29) is 5.91 Å². The van der Waals surface area contributed by atoms with Crippen LogP contribution in [0.4, 0.5) is 0 Å². The Balaban J connectivity index is 1.75. The average molecular weight is 322 g/mol. The van der Waals surface area contributed by atoms with Gasteiger partial charge in [0.25, 0.3) is 0 Å². The van der Waals surface area contributed by atoms with Crippen molar-refractivity contribution in [2.24, 2.45) is 0 Å². The van der Waals surface area contributed by atoms with E-state index in [0.29, 0.717) is 26.1 Å². The molecule has 3 rings (SSSR count). The number of hydrogen-bond acceptors (Lipinski definition) is 2. The number of amides is 1. The molecule has 1 aromatic heterocycles. The fourth-order valence-electron chi connectivity index (χ4n) is 2.85. The molecule has 1 N–H and O–H groups in total. The number of rotatable bonds is 7. The Bertz CT molecular complexity index is 796. The van der Waals surface area contributed by atoms with Gasteiger partial charge in [0.1, 0.15) is 0 Å². The van der Waals surface area contributed by atoms with Crippen LogP contribution in [0.3, 0.4) is 0 Å². The molecule has 3 aromatic rings. The van der Waals surface area contributed by atoms with Crippen LogP contribution < -0.4 is 0 Å². The average Bonchev–Trinajstić information content (AvgIpc) is 3.02. The number of para-hydroxylation sites is 1. The third-order valence-electron chi connectivity index (χ3n) is 4.15.